The van der Waals surface area contributed by atoms with E-state index < -0.39 is 13.9 Å². The van der Waals surface area contributed by atoms with Crippen molar-refractivity contribution in [2.45, 2.75) is 58.4 Å². The maximum absolute atomic E-state index is 11.7. The van der Waals surface area contributed by atoms with Crippen LogP contribution in [-0.4, -0.2) is 18.5 Å². The Hall–Kier alpha value is -0.813. The number of H-pyrrole nitrogens is 2. The van der Waals surface area contributed by atoms with Crippen LogP contribution >= 0.6 is 0 Å². The molecule has 0 atom stereocenters. The van der Waals surface area contributed by atoms with Crippen LogP contribution in [-0.2, 0) is 10.0 Å². The molecular formula is C12H24N2O2Si. The van der Waals surface area contributed by atoms with Gasteiger partial charge < -0.3 is 9.52 Å². The molecule has 0 saturated carbocycles. The zero-order valence-electron chi connectivity index (χ0n) is 11.9. The summed E-state index contributed by atoms with van der Waals surface area (Å²) in [7, 11) is -1.89. The van der Waals surface area contributed by atoms with Crippen molar-refractivity contribution in [1.29, 1.82) is 0 Å². The molecule has 0 saturated heterocycles. The minimum absolute atomic E-state index is 0.103. The molecule has 0 aromatic carbocycles. The minimum atomic E-state index is -1.89. The normalized spacial score (nSPS) is 14.1. The van der Waals surface area contributed by atoms with Crippen LogP contribution in [0.5, 0.6) is 0 Å². The first-order valence-corrected chi connectivity index (χ1v) is 8.85. The van der Waals surface area contributed by atoms with Crippen molar-refractivity contribution in [3.63, 3.8) is 0 Å². The van der Waals surface area contributed by atoms with E-state index in [1.54, 1.807) is 6.20 Å². The van der Waals surface area contributed by atoms with Gasteiger partial charge in [-0.2, -0.15) is 0 Å². The van der Waals surface area contributed by atoms with Crippen molar-refractivity contribution in [2.75, 3.05) is 0 Å². The van der Waals surface area contributed by atoms with E-state index in [1.165, 1.54) is 0 Å². The summed E-state index contributed by atoms with van der Waals surface area (Å²) in [6.07, 6.45) is 1.69. The second kappa shape index (κ2) is 4.14. The monoisotopic (exact) mass is 256 g/mol. The van der Waals surface area contributed by atoms with Crippen LogP contribution in [0.3, 0.4) is 0 Å². The van der Waals surface area contributed by atoms with Gasteiger partial charge in [0, 0.05) is 6.20 Å². The van der Waals surface area contributed by atoms with E-state index in [0.717, 1.165) is 0 Å². The Morgan fingerprint density at radius 1 is 1.18 bits per heavy atom. The van der Waals surface area contributed by atoms with E-state index in [0.29, 0.717) is 5.56 Å². The lowest BCUT2D eigenvalue weighted by molar-refractivity contribution is 0.0892. The number of hydrogen-bond acceptors (Lipinski definition) is 2. The molecule has 17 heavy (non-hydrogen) atoms. The molecule has 0 spiro atoms. The van der Waals surface area contributed by atoms with E-state index >= 15 is 0 Å². The highest BCUT2D eigenvalue weighted by Gasteiger charge is 2.42. The largest absolute Gasteiger partial charge is 0.408 e. The van der Waals surface area contributed by atoms with Gasteiger partial charge in [0.05, 0.1) is 11.2 Å². The summed E-state index contributed by atoms with van der Waals surface area (Å²) in [6, 6.07) is 0. The Morgan fingerprint density at radius 2 is 1.71 bits per heavy atom. The van der Waals surface area contributed by atoms with E-state index in [1.807, 2.05) is 13.8 Å². The molecule has 5 heteroatoms. The summed E-state index contributed by atoms with van der Waals surface area (Å²) >= 11 is 0. The van der Waals surface area contributed by atoms with Gasteiger partial charge in [-0.25, -0.2) is 0 Å². The van der Waals surface area contributed by atoms with Crippen molar-refractivity contribution < 1.29 is 4.43 Å². The molecule has 0 bridgehead atoms. The molecule has 0 amide bonds. The van der Waals surface area contributed by atoms with E-state index in [2.05, 4.69) is 44.1 Å². The lowest BCUT2D eigenvalue weighted by Gasteiger charge is -2.42. The third-order valence-electron chi connectivity index (χ3n) is 3.61. The lowest BCUT2D eigenvalue weighted by atomic mass is 10.0. The molecule has 0 aliphatic rings. The Kier molecular flexibility index (Phi) is 3.47. The van der Waals surface area contributed by atoms with Gasteiger partial charge in [0.2, 0.25) is 0 Å². The number of rotatable bonds is 3. The van der Waals surface area contributed by atoms with Gasteiger partial charge in [0.1, 0.15) is 0 Å². The molecule has 1 aromatic heterocycles. The molecule has 4 nitrogen and oxygen atoms in total. The first-order chi connectivity index (χ1) is 7.47. The van der Waals surface area contributed by atoms with Gasteiger partial charge in [-0.1, -0.05) is 20.8 Å². The summed E-state index contributed by atoms with van der Waals surface area (Å²) in [5, 5.41) is 5.41. The van der Waals surface area contributed by atoms with Crippen molar-refractivity contribution in [3.05, 3.63) is 22.1 Å². The smallest absolute Gasteiger partial charge is 0.269 e. The molecule has 1 heterocycles. The van der Waals surface area contributed by atoms with Gasteiger partial charge in [-0.15, -0.1) is 0 Å². The maximum Gasteiger partial charge on any atom is 0.269 e. The van der Waals surface area contributed by atoms with Gasteiger partial charge in [0.25, 0.3) is 5.56 Å². The average Bonchev–Trinajstić information content (AvgIpc) is 2.47. The summed E-state index contributed by atoms with van der Waals surface area (Å²) in [5.74, 6) is 0. The Bertz CT molecular complexity index is 438. The Balaban J connectivity index is 3.03. The SMILES string of the molecule is CC(C)(O[Si](C)(C)C(C)(C)C)c1c[nH][nH]c1=O. The van der Waals surface area contributed by atoms with Crippen LogP contribution in [0, 0.1) is 0 Å². The van der Waals surface area contributed by atoms with Crippen LogP contribution in [0.25, 0.3) is 0 Å². The van der Waals surface area contributed by atoms with E-state index in [9.17, 15) is 4.79 Å². The van der Waals surface area contributed by atoms with Crippen LogP contribution in [0.1, 0.15) is 40.2 Å². The van der Waals surface area contributed by atoms with Crippen LogP contribution in [0.4, 0.5) is 0 Å². The fraction of sp³-hybridized carbons (Fsp3) is 0.750. The molecule has 1 rings (SSSR count). The second-order valence-corrected chi connectivity index (χ2v) is 11.3. The molecule has 1 aromatic rings. The first kappa shape index (κ1) is 14.2. The summed E-state index contributed by atoms with van der Waals surface area (Å²) in [5.41, 5.74) is -0.00706. The van der Waals surface area contributed by atoms with Gasteiger partial charge in [0.15, 0.2) is 8.32 Å². The zero-order valence-corrected chi connectivity index (χ0v) is 12.9. The lowest BCUT2D eigenvalue weighted by Crippen LogP contribution is -2.47. The van der Waals surface area contributed by atoms with Gasteiger partial charge in [-0.3, -0.25) is 9.89 Å². The Morgan fingerprint density at radius 3 is 2.06 bits per heavy atom. The average molecular weight is 256 g/mol. The number of hydrogen-bond donors (Lipinski definition) is 2. The van der Waals surface area contributed by atoms with Gasteiger partial charge >= 0.3 is 0 Å². The van der Waals surface area contributed by atoms with Gasteiger partial charge in [-0.05, 0) is 32.0 Å². The highest BCUT2D eigenvalue weighted by atomic mass is 28.4. The molecule has 0 unspecified atom stereocenters. The topological polar surface area (TPSA) is 57.9 Å². The molecule has 98 valence electrons. The maximum atomic E-state index is 11.7. The highest BCUT2D eigenvalue weighted by molar-refractivity contribution is 6.74. The summed E-state index contributed by atoms with van der Waals surface area (Å²) < 4.78 is 6.31. The first-order valence-electron chi connectivity index (χ1n) is 5.94. The number of aromatic nitrogens is 2. The second-order valence-electron chi connectivity index (χ2n) is 6.53. The predicted octanol–water partition coefficient (Wildman–Crippen LogP) is 2.96. The van der Waals surface area contributed by atoms with Crippen molar-refractivity contribution >= 4 is 8.32 Å². The summed E-state index contributed by atoms with van der Waals surface area (Å²) in [6.45, 7) is 14.9. The third kappa shape index (κ3) is 2.90. The van der Waals surface area contributed by atoms with E-state index in [4.69, 9.17) is 4.43 Å². The highest BCUT2D eigenvalue weighted by Crippen LogP contribution is 2.40. The van der Waals surface area contributed by atoms with Crippen LogP contribution < -0.4 is 5.56 Å². The number of nitrogens with one attached hydrogen (secondary N) is 2. The van der Waals surface area contributed by atoms with Crippen LogP contribution in [0.15, 0.2) is 11.0 Å². The standard InChI is InChI=1S/C12H24N2O2Si/c1-11(2,3)17(6,7)16-12(4,5)9-8-13-14-10(9)15/h8H,1-7H3,(H2,13,14,15). The van der Waals surface area contributed by atoms with Crippen molar-refractivity contribution in [1.82, 2.24) is 10.2 Å². The number of aromatic amines is 2. The fourth-order valence-corrected chi connectivity index (χ4v) is 3.29. The van der Waals surface area contributed by atoms with Crippen molar-refractivity contribution in [2.24, 2.45) is 0 Å². The molecule has 2 N–H and O–H groups in total. The molecule has 0 fully saturated rings. The molecule has 0 radical (unpaired) electrons. The quantitative estimate of drug-likeness (QED) is 0.817. The summed E-state index contributed by atoms with van der Waals surface area (Å²) in [4.78, 5) is 11.7. The minimum Gasteiger partial charge on any atom is -0.408 e. The van der Waals surface area contributed by atoms with E-state index in [-0.39, 0.29) is 10.6 Å². The third-order valence-corrected chi connectivity index (χ3v) is 8.24. The molecule has 0 aliphatic carbocycles. The fourth-order valence-electron chi connectivity index (χ4n) is 1.60. The molecule has 0 aliphatic heterocycles. The van der Waals surface area contributed by atoms with Crippen LogP contribution in [0.2, 0.25) is 18.1 Å². The molecular weight excluding hydrogens is 232 g/mol. The zero-order chi connectivity index (χ0) is 13.5. The van der Waals surface area contributed by atoms with Crippen molar-refractivity contribution in [3.8, 4) is 0 Å². The Labute approximate surface area is 104 Å². The predicted molar refractivity (Wildman–Crippen MR) is 72.7 cm³/mol.